The van der Waals surface area contributed by atoms with Crippen LogP contribution in [0.4, 0.5) is 0 Å². The molecule has 1 nitrogen and oxygen atoms in total. The number of ketones is 1. The molecule has 0 saturated heterocycles. The van der Waals surface area contributed by atoms with Crippen LogP contribution in [0.25, 0.3) is 0 Å². The highest BCUT2D eigenvalue weighted by atomic mass is 16.1. The van der Waals surface area contributed by atoms with Crippen molar-refractivity contribution in [1.29, 1.82) is 0 Å². The maximum Gasteiger partial charge on any atom is 0.136 e. The van der Waals surface area contributed by atoms with Crippen molar-refractivity contribution in [3.63, 3.8) is 0 Å². The Kier molecular flexibility index (Phi) is 1.97. The van der Waals surface area contributed by atoms with Gasteiger partial charge >= 0.3 is 0 Å². The van der Waals surface area contributed by atoms with Crippen LogP contribution < -0.4 is 0 Å². The molecular formula is C15H24O. The SMILES string of the molecule is CC1CCC2C3CC(=O)[C@H](C)C13CC2(C)C. The van der Waals surface area contributed by atoms with Crippen LogP contribution in [-0.4, -0.2) is 5.78 Å². The molecule has 0 radical (unpaired) electrons. The normalized spacial score (nSPS) is 54.1. The molecular weight excluding hydrogens is 196 g/mol. The van der Waals surface area contributed by atoms with E-state index in [0.29, 0.717) is 28.4 Å². The first kappa shape index (κ1) is 10.8. The number of hydrogen-bond acceptors (Lipinski definition) is 1. The minimum absolute atomic E-state index is 0.331. The van der Waals surface area contributed by atoms with Crippen molar-refractivity contribution in [1.82, 2.24) is 0 Å². The van der Waals surface area contributed by atoms with Crippen molar-refractivity contribution in [2.75, 3.05) is 0 Å². The first-order valence-corrected chi connectivity index (χ1v) is 6.92. The van der Waals surface area contributed by atoms with E-state index in [1.165, 1.54) is 19.3 Å². The fourth-order valence-corrected chi connectivity index (χ4v) is 5.73. The minimum atomic E-state index is 0.331. The number of carbonyl (C=O) groups is 1. The van der Waals surface area contributed by atoms with Crippen LogP contribution in [-0.2, 0) is 4.79 Å². The molecule has 4 unspecified atom stereocenters. The average Bonchev–Trinajstić information content (AvgIpc) is 2.51. The number of rotatable bonds is 0. The average molecular weight is 220 g/mol. The fourth-order valence-electron chi connectivity index (χ4n) is 5.73. The lowest BCUT2D eigenvalue weighted by atomic mass is 9.60. The van der Waals surface area contributed by atoms with Crippen molar-refractivity contribution >= 4 is 5.78 Å². The molecule has 3 aliphatic rings. The summed E-state index contributed by atoms with van der Waals surface area (Å²) in [6.45, 7) is 9.49. The standard InChI is InChI=1S/C15H24O/c1-9-5-6-11-12-7-13(16)10(2)15(9,12)8-14(11,3)4/h9-12H,5-8H2,1-4H3/t9?,10-,11?,12?,15?/m0/s1. The molecule has 3 aliphatic carbocycles. The Bertz CT molecular complexity index is 343. The first-order chi connectivity index (χ1) is 7.39. The van der Waals surface area contributed by atoms with E-state index >= 15 is 0 Å². The monoisotopic (exact) mass is 220 g/mol. The Hall–Kier alpha value is -0.330. The molecule has 3 saturated carbocycles. The highest BCUT2D eigenvalue weighted by Gasteiger charge is 2.67. The Balaban J connectivity index is 2.11. The molecule has 1 heteroatoms. The number of carbonyl (C=O) groups excluding carboxylic acids is 1. The Morgan fingerprint density at radius 2 is 1.81 bits per heavy atom. The second-order valence-electron chi connectivity index (χ2n) is 7.36. The lowest BCUT2D eigenvalue weighted by Crippen LogP contribution is -2.39. The van der Waals surface area contributed by atoms with E-state index in [4.69, 9.17) is 0 Å². The molecule has 0 aromatic heterocycles. The van der Waals surface area contributed by atoms with Crippen LogP contribution >= 0.6 is 0 Å². The maximum atomic E-state index is 12.1. The molecule has 2 bridgehead atoms. The topological polar surface area (TPSA) is 17.1 Å². The molecule has 0 heterocycles. The summed E-state index contributed by atoms with van der Waals surface area (Å²) in [7, 11) is 0. The van der Waals surface area contributed by atoms with Gasteiger partial charge in [0.05, 0.1) is 0 Å². The molecule has 90 valence electrons. The van der Waals surface area contributed by atoms with Crippen LogP contribution in [0.5, 0.6) is 0 Å². The smallest absolute Gasteiger partial charge is 0.136 e. The summed E-state index contributed by atoms with van der Waals surface area (Å²) in [4.78, 5) is 12.1. The molecule has 0 amide bonds. The third kappa shape index (κ3) is 1.01. The predicted octanol–water partition coefficient (Wildman–Crippen LogP) is 3.67. The van der Waals surface area contributed by atoms with E-state index < -0.39 is 0 Å². The molecule has 0 aliphatic heterocycles. The van der Waals surface area contributed by atoms with E-state index in [1.54, 1.807) is 0 Å². The second-order valence-corrected chi connectivity index (χ2v) is 7.36. The van der Waals surface area contributed by atoms with Crippen LogP contribution in [0.1, 0.15) is 53.4 Å². The van der Waals surface area contributed by atoms with Gasteiger partial charge in [-0.2, -0.15) is 0 Å². The van der Waals surface area contributed by atoms with E-state index in [0.717, 1.165) is 18.3 Å². The summed E-state index contributed by atoms with van der Waals surface area (Å²) in [5.41, 5.74) is 0.855. The molecule has 0 spiro atoms. The zero-order chi connectivity index (χ0) is 11.7. The van der Waals surface area contributed by atoms with E-state index in [-0.39, 0.29) is 0 Å². The molecule has 3 fully saturated rings. The third-order valence-electron chi connectivity index (χ3n) is 6.48. The van der Waals surface area contributed by atoms with E-state index in [1.807, 2.05) is 0 Å². The van der Waals surface area contributed by atoms with Crippen molar-refractivity contribution in [3.8, 4) is 0 Å². The van der Waals surface area contributed by atoms with Gasteiger partial charge in [-0.15, -0.1) is 0 Å². The predicted molar refractivity (Wildman–Crippen MR) is 65.0 cm³/mol. The fraction of sp³-hybridized carbons (Fsp3) is 0.933. The lowest BCUT2D eigenvalue weighted by molar-refractivity contribution is -0.122. The summed E-state index contributed by atoms with van der Waals surface area (Å²) in [5.74, 6) is 3.18. The van der Waals surface area contributed by atoms with Gasteiger partial charge in [0.2, 0.25) is 0 Å². The summed E-state index contributed by atoms with van der Waals surface area (Å²) < 4.78 is 0. The van der Waals surface area contributed by atoms with Crippen LogP contribution in [0.2, 0.25) is 0 Å². The highest BCUT2D eigenvalue weighted by Crippen LogP contribution is 2.71. The quantitative estimate of drug-likeness (QED) is 0.608. The van der Waals surface area contributed by atoms with Gasteiger partial charge in [-0.05, 0) is 47.8 Å². The first-order valence-electron chi connectivity index (χ1n) is 6.92. The number of Topliss-reactive ketones (excluding diaryl/α,β-unsaturated/α-hetero) is 1. The van der Waals surface area contributed by atoms with Crippen LogP contribution in [0.15, 0.2) is 0 Å². The van der Waals surface area contributed by atoms with Gasteiger partial charge in [-0.1, -0.05) is 27.7 Å². The maximum absolute atomic E-state index is 12.1. The van der Waals surface area contributed by atoms with Crippen LogP contribution in [0.3, 0.4) is 0 Å². The van der Waals surface area contributed by atoms with Crippen molar-refractivity contribution < 1.29 is 4.79 Å². The molecule has 3 rings (SSSR count). The van der Waals surface area contributed by atoms with Gasteiger partial charge in [-0.3, -0.25) is 4.79 Å². The Morgan fingerprint density at radius 3 is 2.44 bits per heavy atom. The second kappa shape index (κ2) is 2.91. The summed E-state index contributed by atoms with van der Waals surface area (Å²) in [6, 6.07) is 0. The minimum Gasteiger partial charge on any atom is -0.299 e. The summed E-state index contributed by atoms with van der Waals surface area (Å²) in [6.07, 6.45) is 4.89. The zero-order valence-corrected chi connectivity index (χ0v) is 11.0. The van der Waals surface area contributed by atoms with Gasteiger partial charge in [0, 0.05) is 12.3 Å². The van der Waals surface area contributed by atoms with Gasteiger partial charge in [-0.25, -0.2) is 0 Å². The molecule has 0 aromatic carbocycles. The van der Waals surface area contributed by atoms with Crippen molar-refractivity contribution in [2.45, 2.75) is 53.4 Å². The summed E-state index contributed by atoms with van der Waals surface area (Å²) in [5, 5.41) is 0. The molecule has 0 aromatic rings. The molecule has 0 N–H and O–H groups in total. The van der Waals surface area contributed by atoms with E-state index in [2.05, 4.69) is 27.7 Å². The number of hydrogen-bond donors (Lipinski definition) is 0. The van der Waals surface area contributed by atoms with Crippen molar-refractivity contribution in [3.05, 3.63) is 0 Å². The third-order valence-corrected chi connectivity index (χ3v) is 6.48. The molecule has 5 atom stereocenters. The van der Waals surface area contributed by atoms with Gasteiger partial charge < -0.3 is 0 Å². The van der Waals surface area contributed by atoms with Crippen LogP contribution in [0, 0.1) is 34.5 Å². The van der Waals surface area contributed by atoms with Gasteiger partial charge in [0.1, 0.15) is 5.78 Å². The largest absolute Gasteiger partial charge is 0.299 e. The van der Waals surface area contributed by atoms with Crippen molar-refractivity contribution in [2.24, 2.45) is 34.5 Å². The van der Waals surface area contributed by atoms with Gasteiger partial charge in [0.25, 0.3) is 0 Å². The van der Waals surface area contributed by atoms with E-state index in [9.17, 15) is 4.79 Å². The lowest BCUT2D eigenvalue weighted by Gasteiger charge is -2.43. The summed E-state index contributed by atoms with van der Waals surface area (Å²) >= 11 is 0. The Labute approximate surface area is 99.0 Å². The highest BCUT2D eigenvalue weighted by molar-refractivity contribution is 5.85. The zero-order valence-electron chi connectivity index (χ0n) is 11.0. The molecule has 16 heavy (non-hydrogen) atoms. The Morgan fingerprint density at radius 1 is 1.12 bits per heavy atom. The van der Waals surface area contributed by atoms with Gasteiger partial charge in [0.15, 0.2) is 0 Å².